The zero-order valence-corrected chi connectivity index (χ0v) is 20.9. The van der Waals surface area contributed by atoms with E-state index in [2.05, 4.69) is 32.6 Å². The van der Waals surface area contributed by atoms with Crippen LogP contribution in [0.25, 0.3) is 5.76 Å². The number of aryl methyl sites for hydroxylation is 1. The Balaban J connectivity index is 2.00. The number of ether oxygens (including phenoxy) is 1. The second-order valence-electron chi connectivity index (χ2n) is 8.72. The summed E-state index contributed by atoms with van der Waals surface area (Å²) in [7, 11) is 0. The first-order valence-electron chi connectivity index (χ1n) is 11.6. The molecule has 0 unspecified atom stereocenters. The largest absolute Gasteiger partial charge is 0.507 e. The van der Waals surface area contributed by atoms with Gasteiger partial charge in [0.2, 0.25) is 0 Å². The van der Waals surface area contributed by atoms with Gasteiger partial charge in [0.1, 0.15) is 11.5 Å². The summed E-state index contributed by atoms with van der Waals surface area (Å²) in [6.45, 7) is 13.6. The second-order valence-corrected chi connectivity index (χ2v) is 9.70. The quantitative estimate of drug-likeness (QED) is 0.305. The number of likely N-dealkylation sites (tertiary alicyclic amines) is 1. The number of Topliss-reactive ketones (excluding diaryl/α,β-unsaturated/α-hetero) is 1. The predicted octanol–water partition coefficient (Wildman–Crippen LogP) is 4.85. The van der Waals surface area contributed by atoms with E-state index >= 15 is 0 Å². The van der Waals surface area contributed by atoms with Crippen molar-refractivity contribution >= 4 is 28.8 Å². The van der Waals surface area contributed by atoms with Crippen molar-refractivity contribution in [3.05, 3.63) is 57.3 Å². The van der Waals surface area contributed by atoms with E-state index < -0.39 is 17.7 Å². The second kappa shape index (κ2) is 11.0. The number of hydrogen-bond donors (Lipinski definition) is 1. The molecule has 0 saturated carbocycles. The van der Waals surface area contributed by atoms with Crippen LogP contribution in [-0.4, -0.2) is 59.4 Å². The van der Waals surface area contributed by atoms with Crippen molar-refractivity contribution in [2.45, 2.75) is 40.7 Å². The Hall–Kier alpha value is -2.64. The van der Waals surface area contributed by atoms with Crippen molar-refractivity contribution < 1.29 is 19.4 Å². The van der Waals surface area contributed by atoms with Gasteiger partial charge in [-0.15, -0.1) is 11.3 Å². The van der Waals surface area contributed by atoms with E-state index in [1.54, 1.807) is 17.0 Å². The molecule has 0 aliphatic carbocycles. The number of carbonyl (C=O) groups excluding carboxylic acids is 2. The minimum absolute atomic E-state index is 0.134. The highest BCUT2D eigenvalue weighted by Crippen LogP contribution is 2.41. The van der Waals surface area contributed by atoms with E-state index in [0.717, 1.165) is 23.5 Å². The summed E-state index contributed by atoms with van der Waals surface area (Å²) in [6.07, 6.45) is 0. The molecule has 1 saturated heterocycles. The molecule has 1 aromatic heterocycles. The molecule has 2 aromatic rings. The molecule has 178 valence electrons. The lowest BCUT2D eigenvalue weighted by Gasteiger charge is -2.27. The lowest BCUT2D eigenvalue weighted by molar-refractivity contribution is -0.140. The van der Waals surface area contributed by atoms with Crippen LogP contribution >= 0.6 is 11.3 Å². The van der Waals surface area contributed by atoms with Gasteiger partial charge in [-0.05, 0) is 61.1 Å². The van der Waals surface area contributed by atoms with E-state index in [9.17, 15) is 14.7 Å². The lowest BCUT2D eigenvalue weighted by Crippen LogP contribution is -2.37. The first kappa shape index (κ1) is 25.0. The number of amides is 1. The Morgan fingerprint density at radius 3 is 2.52 bits per heavy atom. The van der Waals surface area contributed by atoms with Crippen LogP contribution in [0.15, 0.2) is 41.3 Å². The first-order valence-corrected chi connectivity index (χ1v) is 12.4. The molecule has 6 nitrogen and oxygen atoms in total. The number of nitrogens with zero attached hydrogens (tertiary/aromatic N) is 2. The van der Waals surface area contributed by atoms with Crippen molar-refractivity contribution in [2.75, 3.05) is 32.8 Å². The third-order valence-corrected chi connectivity index (χ3v) is 6.87. The van der Waals surface area contributed by atoms with E-state index in [1.165, 1.54) is 11.3 Å². The molecule has 1 N–H and O–H groups in total. The number of aliphatic hydroxyl groups excluding tert-OH is 1. The summed E-state index contributed by atoms with van der Waals surface area (Å²) in [5.74, 6) is -0.213. The maximum absolute atomic E-state index is 13.1. The fraction of sp³-hybridized carbons (Fsp3) is 0.462. The monoisotopic (exact) mass is 470 g/mol. The topological polar surface area (TPSA) is 70.1 Å². The Labute approximate surface area is 200 Å². The van der Waals surface area contributed by atoms with Crippen LogP contribution in [-0.2, 0) is 9.59 Å². The number of ketones is 1. The van der Waals surface area contributed by atoms with Crippen LogP contribution in [0.5, 0.6) is 5.75 Å². The molecule has 0 bridgehead atoms. The standard InChI is InChI=1S/C26H34N2O4S/c1-6-27(7-2)12-13-28-23(21-9-8-14-33-21)22(25(30)26(28)31)24(29)20-11-10-19(15-18(20)5)32-16-17(3)4/h8-11,14-15,17,23,29H,6-7,12-13,16H2,1-5H3/b24-22+/t23-/m0/s1. The molecule has 1 aliphatic rings. The first-order chi connectivity index (χ1) is 15.8. The SMILES string of the molecule is CCN(CC)CCN1C(=O)C(=O)/C(=C(/O)c2ccc(OCC(C)C)cc2C)[C@@H]1c1cccs1. The Morgan fingerprint density at radius 1 is 1.21 bits per heavy atom. The van der Waals surface area contributed by atoms with Crippen molar-refractivity contribution in [3.8, 4) is 5.75 Å². The number of aliphatic hydroxyl groups is 1. The molecule has 0 radical (unpaired) electrons. The van der Waals surface area contributed by atoms with E-state index in [1.807, 2.05) is 30.5 Å². The van der Waals surface area contributed by atoms with Gasteiger partial charge in [-0.1, -0.05) is 33.8 Å². The molecule has 7 heteroatoms. The summed E-state index contributed by atoms with van der Waals surface area (Å²) in [5, 5.41) is 13.2. The van der Waals surface area contributed by atoms with Crippen molar-refractivity contribution in [3.63, 3.8) is 0 Å². The third kappa shape index (κ3) is 5.47. The van der Waals surface area contributed by atoms with Crippen molar-refractivity contribution in [1.82, 2.24) is 9.80 Å². The minimum Gasteiger partial charge on any atom is -0.507 e. The summed E-state index contributed by atoms with van der Waals surface area (Å²) in [6, 6.07) is 8.63. The number of benzene rings is 1. The minimum atomic E-state index is -0.634. The van der Waals surface area contributed by atoms with Gasteiger partial charge in [0.05, 0.1) is 18.2 Å². The normalized spacial score (nSPS) is 18.0. The number of thiophene rings is 1. The van der Waals surface area contributed by atoms with Crippen LogP contribution in [0.3, 0.4) is 0 Å². The summed E-state index contributed by atoms with van der Waals surface area (Å²) in [5.41, 5.74) is 1.48. The zero-order valence-electron chi connectivity index (χ0n) is 20.1. The third-order valence-electron chi connectivity index (χ3n) is 5.94. The number of likely N-dealkylation sites (N-methyl/N-ethyl adjacent to an activating group) is 1. The van der Waals surface area contributed by atoms with Gasteiger partial charge in [-0.2, -0.15) is 0 Å². The smallest absolute Gasteiger partial charge is 0.295 e. The molecule has 2 heterocycles. The summed E-state index contributed by atoms with van der Waals surface area (Å²) in [4.78, 5) is 30.8. The number of carbonyl (C=O) groups is 2. The number of hydrogen-bond acceptors (Lipinski definition) is 6. The summed E-state index contributed by atoms with van der Waals surface area (Å²) < 4.78 is 5.79. The van der Waals surface area contributed by atoms with Gasteiger partial charge >= 0.3 is 0 Å². The fourth-order valence-corrected chi connectivity index (χ4v) is 4.89. The molecule has 33 heavy (non-hydrogen) atoms. The maximum Gasteiger partial charge on any atom is 0.295 e. The van der Waals surface area contributed by atoms with Crippen molar-refractivity contribution in [1.29, 1.82) is 0 Å². The lowest BCUT2D eigenvalue weighted by atomic mass is 9.97. The molecule has 0 spiro atoms. The van der Waals surface area contributed by atoms with Gasteiger partial charge < -0.3 is 19.6 Å². The van der Waals surface area contributed by atoms with Gasteiger partial charge in [0.25, 0.3) is 11.7 Å². The molecular weight excluding hydrogens is 436 g/mol. The van der Waals surface area contributed by atoms with Gasteiger partial charge in [0.15, 0.2) is 0 Å². The highest BCUT2D eigenvalue weighted by Gasteiger charge is 2.46. The highest BCUT2D eigenvalue weighted by atomic mass is 32.1. The average molecular weight is 471 g/mol. The van der Waals surface area contributed by atoms with Crippen LogP contribution < -0.4 is 4.74 Å². The van der Waals surface area contributed by atoms with Crippen molar-refractivity contribution in [2.24, 2.45) is 5.92 Å². The molecular formula is C26H34N2O4S. The van der Waals surface area contributed by atoms with Gasteiger partial charge in [-0.25, -0.2) is 0 Å². The maximum atomic E-state index is 13.1. The van der Waals surface area contributed by atoms with Crippen LogP contribution in [0.4, 0.5) is 0 Å². The molecule has 1 atom stereocenters. The van der Waals surface area contributed by atoms with E-state index in [4.69, 9.17) is 4.74 Å². The van der Waals surface area contributed by atoms with Crippen LogP contribution in [0.2, 0.25) is 0 Å². The zero-order chi connectivity index (χ0) is 24.1. The average Bonchev–Trinajstić information content (AvgIpc) is 3.40. The molecule has 1 aliphatic heterocycles. The Kier molecular flexibility index (Phi) is 8.32. The Morgan fingerprint density at radius 2 is 1.94 bits per heavy atom. The molecule has 1 aromatic carbocycles. The van der Waals surface area contributed by atoms with Gasteiger partial charge in [-0.3, -0.25) is 9.59 Å². The van der Waals surface area contributed by atoms with E-state index in [0.29, 0.717) is 36.9 Å². The van der Waals surface area contributed by atoms with Crippen LogP contribution in [0.1, 0.15) is 49.7 Å². The molecule has 1 fully saturated rings. The summed E-state index contributed by atoms with van der Waals surface area (Å²) >= 11 is 1.48. The van der Waals surface area contributed by atoms with E-state index in [-0.39, 0.29) is 11.3 Å². The van der Waals surface area contributed by atoms with Crippen LogP contribution in [0, 0.1) is 12.8 Å². The highest BCUT2D eigenvalue weighted by molar-refractivity contribution is 7.10. The number of rotatable bonds is 10. The Bertz CT molecular complexity index is 1010. The molecule has 1 amide bonds. The predicted molar refractivity (Wildman–Crippen MR) is 133 cm³/mol. The fourth-order valence-electron chi connectivity index (χ4n) is 4.04. The molecule has 3 rings (SSSR count). The van der Waals surface area contributed by atoms with Gasteiger partial charge in [0, 0.05) is 23.5 Å².